The molecule has 15 heavy (non-hydrogen) atoms. The monoisotopic (exact) mass is 219 g/mol. The number of hydrogen-bond donors (Lipinski definition) is 0. The lowest BCUT2D eigenvalue weighted by Crippen LogP contribution is -2.12. The lowest BCUT2D eigenvalue weighted by Gasteiger charge is -2.10. The summed E-state index contributed by atoms with van der Waals surface area (Å²) in [5.41, 5.74) is 4.61. The van der Waals surface area contributed by atoms with Crippen molar-refractivity contribution in [1.82, 2.24) is 3.96 Å². The van der Waals surface area contributed by atoms with E-state index in [1.807, 2.05) is 19.2 Å². The van der Waals surface area contributed by atoms with E-state index in [2.05, 4.69) is 19.1 Å². The van der Waals surface area contributed by atoms with Gasteiger partial charge in [-0.05, 0) is 31.9 Å². The van der Waals surface area contributed by atoms with Crippen molar-refractivity contribution in [2.75, 3.05) is 0 Å². The molecule has 2 aromatic rings. The first-order chi connectivity index (χ1) is 7.09. The standard InChI is InChI=1S/C12H13NOS/c1-8-6-9(2)12(10(3)7-8)13-11(14)4-5-15-13/h4-7H,1-3H3. The fourth-order valence-electron chi connectivity index (χ4n) is 1.92. The Morgan fingerprint density at radius 1 is 1.13 bits per heavy atom. The zero-order chi connectivity index (χ0) is 11.0. The van der Waals surface area contributed by atoms with Gasteiger partial charge in [-0.3, -0.25) is 4.79 Å². The van der Waals surface area contributed by atoms with Crippen LogP contribution in [0.4, 0.5) is 0 Å². The van der Waals surface area contributed by atoms with Gasteiger partial charge in [-0.1, -0.05) is 29.2 Å². The highest BCUT2D eigenvalue weighted by Gasteiger charge is 2.08. The van der Waals surface area contributed by atoms with Crippen LogP contribution in [0.3, 0.4) is 0 Å². The topological polar surface area (TPSA) is 22.0 Å². The predicted molar refractivity (Wildman–Crippen MR) is 64.1 cm³/mol. The Bertz CT molecular complexity index is 528. The van der Waals surface area contributed by atoms with E-state index in [1.54, 1.807) is 10.0 Å². The quantitative estimate of drug-likeness (QED) is 0.723. The van der Waals surface area contributed by atoms with E-state index in [0.29, 0.717) is 0 Å². The molecule has 0 unspecified atom stereocenters. The molecule has 0 N–H and O–H groups in total. The number of benzene rings is 1. The molecule has 0 aliphatic rings. The lowest BCUT2D eigenvalue weighted by atomic mass is 10.1. The third-order valence-corrected chi connectivity index (χ3v) is 3.25. The lowest BCUT2D eigenvalue weighted by molar-refractivity contribution is 1.08. The van der Waals surface area contributed by atoms with Gasteiger partial charge in [0.05, 0.1) is 5.69 Å². The molecule has 3 heteroatoms. The maximum absolute atomic E-state index is 11.6. The minimum Gasteiger partial charge on any atom is -0.268 e. The van der Waals surface area contributed by atoms with Crippen LogP contribution in [0, 0.1) is 20.8 Å². The Labute approximate surface area is 93.0 Å². The van der Waals surface area contributed by atoms with Crippen LogP contribution in [-0.4, -0.2) is 3.96 Å². The van der Waals surface area contributed by atoms with Gasteiger partial charge >= 0.3 is 0 Å². The highest BCUT2D eigenvalue weighted by molar-refractivity contribution is 7.04. The molecule has 0 bridgehead atoms. The Balaban J connectivity index is 2.74. The summed E-state index contributed by atoms with van der Waals surface area (Å²) in [4.78, 5) is 11.6. The maximum atomic E-state index is 11.6. The highest BCUT2D eigenvalue weighted by Crippen LogP contribution is 2.20. The first kappa shape index (κ1) is 10.2. The minimum absolute atomic E-state index is 0.0510. The van der Waals surface area contributed by atoms with E-state index in [4.69, 9.17) is 0 Å². The molecule has 0 spiro atoms. The van der Waals surface area contributed by atoms with E-state index in [-0.39, 0.29) is 5.56 Å². The summed E-state index contributed by atoms with van der Waals surface area (Å²) in [6.45, 7) is 6.16. The third-order valence-electron chi connectivity index (χ3n) is 2.42. The summed E-state index contributed by atoms with van der Waals surface area (Å²) in [5, 5.41) is 1.82. The van der Waals surface area contributed by atoms with E-state index >= 15 is 0 Å². The third kappa shape index (κ3) is 1.75. The SMILES string of the molecule is Cc1cc(C)c(-n2sccc2=O)c(C)c1. The highest BCUT2D eigenvalue weighted by atomic mass is 32.1. The largest absolute Gasteiger partial charge is 0.268 e. The average Bonchev–Trinajstić information content (AvgIpc) is 2.50. The van der Waals surface area contributed by atoms with Crippen LogP contribution in [0.2, 0.25) is 0 Å². The molecule has 0 amide bonds. The molecule has 1 aromatic heterocycles. The summed E-state index contributed by atoms with van der Waals surface area (Å²) in [5.74, 6) is 0. The van der Waals surface area contributed by atoms with Gasteiger partial charge in [0, 0.05) is 11.4 Å². The van der Waals surface area contributed by atoms with Crippen LogP contribution in [0.1, 0.15) is 16.7 Å². The number of aryl methyl sites for hydroxylation is 3. The molecule has 78 valence electrons. The first-order valence-corrected chi connectivity index (χ1v) is 5.68. The molecule has 0 radical (unpaired) electrons. The molecule has 0 aliphatic heterocycles. The van der Waals surface area contributed by atoms with Crippen molar-refractivity contribution in [1.29, 1.82) is 0 Å². The smallest absolute Gasteiger partial charge is 0.265 e. The number of rotatable bonds is 1. The van der Waals surface area contributed by atoms with Crippen LogP contribution >= 0.6 is 11.5 Å². The zero-order valence-corrected chi connectivity index (χ0v) is 9.89. The van der Waals surface area contributed by atoms with Crippen LogP contribution < -0.4 is 5.56 Å². The van der Waals surface area contributed by atoms with Crippen molar-refractivity contribution in [3.05, 3.63) is 50.6 Å². The Morgan fingerprint density at radius 3 is 2.20 bits per heavy atom. The second kappa shape index (κ2) is 3.66. The van der Waals surface area contributed by atoms with Crippen molar-refractivity contribution in [3.63, 3.8) is 0 Å². The van der Waals surface area contributed by atoms with Gasteiger partial charge < -0.3 is 0 Å². The molecular weight excluding hydrogens is 206 g/mol. The van der Waals surface area contributed by atoms with E-state index in [0.717, 1.165) is 16.8 Å². The minimum atomic E-state index is 0.0510. The Morgan fingerprint density at radius 2 is 1.73 bits per heavy atom. The summed E-state index contributed by atoms with van der Waals surface area (Å²) in [6, 6.07) is 5.81. The molecule has 0 aliphatic carbocycles. The van der Waals surface area contributed by atoms with Gasteiger partial charge in [-0.2, -0.15) is 0 Å². The van der Waals surface area contributed by atoms with Crippen LogP contribution in [0.15, 0.2) is 28.4 Å². The second-order valence-corrected chi connectivity index (χ2v) is 4.64. The van der Waals surface area contributed by atoms with Crippen molar-refractivity contribution in [3.8, 4) is 5.69 Å². The van der Waals surface area contributed by atoms with Crippen molar-refractivity contribution in [2.45, 2.75) is 20.8 Å². The number of aromatic nitrogens is 1. The van der Waals surface area contributed by atoms with Gasteiger partial charge in [0.15, 0.2) is 0 Å². The molecular formula is C12H13NOS. The molecule has 1 heterocycles. The maximum Gasteiger partial charge on any atom is 0.265 e. The van der Waals surface area contributed by atoms with Crippen molar-refractivity contribution in [2.24, 2.45) is 0 Å². The summed E-state index contributed by atoms with van der Waals surface area (Å²) >= 11 is 1.44. The Kier molecular flexibility index (Phi) is 2.49. The second-order valence-electron chi connectivity index (χ2n) is 3.79. The molecule has 0 atom stereocenters. The summed E-state index contributed by atoms with van der Waals surface area (Å²) in [6.07, 6.45) is 0. The molecule has 0 saturated heterocycles. The molecule has 0 fully saturated rings. The van der Waals surface area contributed by atoms with Gasteiger partial charge in [0.25, 0.3) is 5.56 Å². The molecule has 0 saturated carbocycles. The fourth-order valence-corrected chi connectivity index (χ4v) is 2.78. The van der Waals surface area contributed by atoms with Crippen molar-refractivity contribution < 1.29 is 0 Å². The molecule has 2 nitrogen and oxygen atoms in total. The molecule has 1 aromatic carbocycles. The van der Waals surface area contributed by atoms with E-state index in [1.165, 1.54) is 17.1 Å². The first-order valence-electron chi connectivity index (χ1n) is 4.85. The number of nitrogens with zero attached hydrogens (tertiary/aromatic N) is 1. The van der Waals surface area contributed by atoms with Crippen LogP contribution in [-0.2, 0) is 0 Å². The summed E-state index contributed by atoms with van der Waals surface area (Å²) in [7, 11) is 0. The van der Waals surface area contributed by atoms with E-state index in [9.17, 15) is 4.79 Å². The molecule has 2 rings (SSSR count). The Hall–Kier alpha value is -1.35. The zero-order valence-electron chi connectivity index (χ0n) is 9.07. The van der Waals surface area contributed by atoms with Crippen LogP contribution in [0.25, 0.3) is 5.69 Å². The van der Waals surface area contributed by atoms with E-state index < -0.39 is 0 Å². The number of hydrogen-bond acceptors (Lipinski definition) is 2. The van der Waals surface area contributed by atoms with Gasteiger partial charge in [0.2, 0.25) is 0 Å². The van der Waals surface area contributed by atoms with Gasteiger partial charge in [-0.15, -0.1) is 0 Å². The normalized spacial score (nSPS) is 10.6. The van der Waals surface area contributed by atoms with Gasteiger partial charge in [0.1, 0.15) is 0 Å². The van der Waals surface area contributed by atoms with Crippen LogP contribution in [0.5, 0.6) is 0 Å². The van der Waals surface area contributed by atoms with Gasteiger partial charge in [-0.25, -0.2) is 3.96 Å². The average molecular weight is 219 g/mol. The van der Waals surface area contributed by atoms with Crippen molar-refractivity contribution >= 4 is 11.5 Å². The predicted octanol–water partition coefficient (Wildman–Crippen LogP) is 2.82. The fraction of sp³-hybridized carbons (Fsp3) is 0.250. The summed E-state index contributed by atoms with van der Waals surface area (Å²) < 4.78 is 1.74.